The molecule has 0 aliphatic heterocycles. The highest BCUT2D eigenvalue weighted by Crippen LogP contribution is 2.03. The minimum atomic E-state index is 0. The van der Waals surface area contributed by atoms with E-state index in [0.717, 1.165) is 4.48 Å². The first-order valence-electron chi connectivity index (χ1n) is 5.88. The van der Waals surface area contributed by atoms with Gasteiger partial charge in [0.1, 0.15) is 0 Å². The Morgan fingerprint density at radius 3 is 0.688 bits per heavy atom. The van der Waals surface area contributed by atoms with Crippen LogP contribution in [0.2, 0.25) is 0 Å². The van der Waals surface area contributed by atoms with Gasteiger partial charge in [-0.2, -0.15) is 0 Å². The predicted octanol–water partition coefficient (Wildman–Crippen LogP) is -3.79. The van der Waals surface area contributed by atoms with Crippen LogP contribution in [-0.4, -0.2) is 63.3 Å². The summed E-state index contributed by atoms with van der Waals surface area (Å²) in [5.41, 5.74) is 0. The van der Waals surface area contributed by atoms with Gasteiger partial charge in [-0.1, -0.05) is 0 Å². The predicted molar refractivity (Wildman–Crippen MR) is 66.4 cm³/mol. The molecule has 0 aromatic rings. The number of quaternary nitrogens is 2. The topological polar surface area (TPSA) is 0 Å². The van der Waals surface area contributed by atoms with Gasteiger partial charge in [0.05, 0.1) is 54.4 Å². The molecule has 16 heavy (non-hydrogen) atoms. The summed E-state index contributed by atoms with van der Waals surface area (Å²) in [6.45, 7) is 14.2. The monoisotopic (exact) mass is 362 g/mol. The molecule has 0 aromatic carbocycles. The van der Waals surface area contributed by atoms with Gasteiger partial charge in [-0.15, -0.1) is 0 Å². The minimum Gasteiger partial charge on any atom is -1.00 e. The molecule has 0 heterocycles. The Balaban J connectivity index is -0.0000000904. The zero-order valence-electron chi connectivity index (χ0n) is 12.5. The highest BCUT2D eigenvalue weighted by atomic mass is 79.9. The van der Waals surface area contributed by atoms with Crippen molar-refractivity contribution in [2.24, 2.45) is 0 Å². The summed E-state index contributed by atoms with van der Waals surface area (Å²) in [5.74, 6) is 0. The lowest BCUT2D eigenvalue weighted by atomic mass is 10.3. The molecule has 0 rings (SSSR count). The van der Waals surface area contributed by atoms with E-state index in [9.17, 15) is 0 Å². The summed E-state index contributed by atoms with van der Waals surface area (Å²) in [6.07, 6.45) is 0. The molecule has 0 saturated heterocycles. The summed E-state index contributed by atoms with van der Waals surface area (Å²) in [7, 11) is 8.50. The van der Waals surface area contributed by atoms with Gasteiger partial charge in [-0.25, -0.2) is 0 Å². The highest BCUT2D eigenvalue weighted by Gasteiger charge is 2.16. The number of halogens is 2. The van der Waals surface area contributed by atoms with Crippen molar-refractivity contribution in [3.05, 3.63) is 0 Å². The van der Waals surface area contributed by atoms with Crippen LogP contribution in [-0.2, 0) is 0 Å². The molecule has 0 aliphatic rings. The first-order chi connectivity index (χ1) is 6.24. The fraction of sp³-hybridized carbons (Fsp3) is 1.00. The van der Waals surface area contributed by atoms with Crippen molar-refractivity contribution in [3.8, 4) is 0 Å². The second kappa shape index (κ2) is 12.3. The van der Waals surface area contributed by atoms with Crippen LogP contribution in [0.15, 0.2) is 0 Å². The van der Waals surface area contributed by atoms with E-state index in [2.05, 4.69) is 55.9 Å². The molecular formula is C12H32Br2N2. The SMILES string of the molecule is CC[N+](CC)(CC)CC.C[N+](C)(C)C.[Br-].[Br-]. The quantitative estimate of drug-likeness (QED) is 0.450. The van der Waals surface area contributed by atoms with Crippen LogP contribution in [0.5, 0.6) is 0 Å². The first-order valence-corrected chi connectivity index (χ1v) is 5.88. The van der Waals surface area contributed by atoms with Gasteiger partial charge in [0, 0.05) is 0 Å². The van der Waals surface area contributed by atoms with Gasteiger partial charge in [0.2, 0.25) is 0 Å². The Kier molecular flexibility index (Phi) is 19.8. The molecule has 4 heteroatoms. The molecule has 0 atom stereocenters. The molecular weight excluding hydrogens is 332 g/mol. The third kappa shape index (κ3) is 17.3. The molecule has 0 fully saturated rings. The van der Waals surface area contributed by atoms with E-state index in [4.69, 9.17) is 0 Å². The Bertz CT molecular complexity index is 106. The molecule has 0 radical (unpaired) electrons. The van der Waals surface area contributed by atoms with E-state index >= 15 is 0 Å². The highest BCUT2D eigenvalue weighted by molar-refractivity contribution is 4.31. The first kappa shape index (κ1) is 25.7. The van der Waals surface area contributed by atoms with Crippen LogP contribution in [0.25, 0.3) is 0 Å². The molecule has 0 unspecified atom stereocenters. The molecule has 0 spiro atoms. The average Bonchev–Trinajstić information content (AvgIpc) is 2.07. The average molecular weight is 364 g/mol. The second-order valence-corrected chi connectivity index (χ2v) is 5.29. The normalized spacial score (nSPS) is 10.5. The van der Waals surface area contributed by atoms with Gasteiger partial charge in [0.25, 0.3) is 0 Å². The van der Waals surface area contributed by atoms with E-state index in [0.29, 0.717) is 0 Å². The lowest BCUT2D eigenvalue weighted by Gasteiger charge is -2.34. The van der Waals surface area contributed by atoms with Gasteiger partial charge in [0.15, 0.2) is 0 Å². The van der Waals surface area contributed by atoms with Crippen molar-refractivity contribution in [3.63, 3.8) is 0 Å². The molecule has 0 amide bonds. The third-order valence-corrected chi connectivity index (χ3v) is 2.68. The standard InChI is InChI=1S/C8H20N.C4H12N.2BrH/c1-5-9(6-2,7-3)8-4;1-5(2,3)4;;/h5-8H2,1-4H3;1-4H3;2*1H/q2*+1;;/p-2. The van der Waals surface area contributed by atoms with Crippen molar-refractivity contribution in [2.75, 3.05) is 54.4 Å². The maximum absolute atomic E-state index is 2.27. The summed E-state index contributed by atoms with van der Waals surface area (Å²) in [6, 6.07) is 0. The van der Waals surface area contributed by atoms with Crippen molar-refractivity contribution in [1.29, 1.82) is 0 Å². The van der Waals surface area contributed by atoms with Crippen LogP contribution in [0.4, 0.5) is 0 Å². The fourth-order valence-electron chi connectivity index (χ4n) is 1.34. The maximum Gasteiger partial charge on any atom is 0.0757 e. The van der Waals surface area contributed by atoms with E-state index in [1.54, 1.807) is 0 Å². The Hall–Kier alpha value is 0.880. The van der Waals surface area contributed by atoms with Crippen molar-refractivity contribution in [2.45, 2.75) is 27.7 Å². The maximum atomic E-state index is 2.27. The molecule has 0 aromatic heterocycles. The Morgan fingerprint density at radius 1 is 0.562 bits per heavy atom. The molecule has 0 aliphatic carbocycles. The summed E-state index contributed by atoms with van der Waals surface area (Å²) >= 11 is 0. The van der Waals surface area contributed by atoms with Gasteiger partial charge in [-0.3, -0.25) is 0 Å². The van der Waals surface area contributed by atoms with Crippen molar-refractivity contribution >= 4 is 0 Å². The number of hydrogen-bond donors (Lipinski definition) is 0. The Morgan fingerprint density at radius 2 is 0.688 bits per heavy atom. The number of nitrogens with zero attached hydrogens (tertiary/aromatic N) is 2. The number of hydrogen-bond acceptors (Lipinski definition) is 0. The largest absolute Gasteiger partial charge is 1.00 e. The zero-order chi connectivity index (χ0) is 11.8. The van der Waals surface area contributed by atoms with Crippen molar-refractivity contribution < 1.29 is 42.9 Å². The van der Waals surface area contributed by atoms with E-state index in [1.165, 1.54) is 30.7 Å². The second-order valence-electron chi connectivity index (χ2n) is 5.29. The zero-order valence-corrected chi connectivity index (χ0v) is 15.7. The van der Waals surface area contributed by atoms with Crippen LogP contribution < -0.4 is 34.0 Å². The minimum absolute atomic E-state index is 0. The molecule has 0 N–H and O–H groups in total. The summed E-state index contributed by atoms with van der Waals surface area (Å²) in [4.78, 5) is 0. The molecule has 0 saturated carbocycles. The fourth-order valence-corrected chi connectivity index (χ4v) is 1.34. The third-order valence-electron chi connectivity index (χ3n) is 2.68. The molecule has 2 nitrogen and oxygen atoms in total. The van der Waals surface area contributed by atoms with Crippen LogP contribution >= 0.6 is 0 Å². The lowest BCUT2D eigenvalue weighted by molar-refractivity contribution is -0.921. The van der Waals surface area contributed by atoms with Gasteiger partial charge < -0.3 is 42.9 Å². The number of rotatable bonds is 4. The summed E-state index contributed by atoms with van der Waals surface area (Å²) in [5, 5.41) is 0. The molecule has 0 bridgehead atoms. The van der Waals surface area contributed by atoms with Gasteiger partial charge in [-0.05, 0) is 27.7 Å². The van der Waals surface area contributed by atoms with E-state index in [-0.39, 0.29) is 34.0 Å². The van der Waals surface area contributed by atoms with Crippen LogP contribution in [0, 0.1) is 0 Å². The van der Waals surface area contributed by atoms with Crippen molar-refractivity contribution in [1.82, 2.24) is 0 Å². The smallest absolute Gasteiger partial charge is 0.0757 e. The van der Waals surface area contributed by atoms with Crippen LogP contribution in [0.1, 0.15) is 27.7 Å². The Labute approximate surface area is 125 Å². The van der Waals surface area contributed by atoms with E-state index < -0.39 is 0 Å². The molecule has 104 valence electrons. The summed E-state index contributed by atoms with van der Waals surface area (Å²) < 4.78 is 2.28. The van der Waals surface area contributed by atoms with Gasteiger partial charge >= 0.3 is 0 Å². The lowest BCUT2D eigenvalue weighted by Crippen LogP contribution is -3.00. The van der Waals surface area contributed by atoms with E-state index in [1.807, 2.05) is 0 Å². The van der Waals surface area contributed by atoms with Crippen LogP contribution in [0.3, 0.4) is 0 Å².